The molecule has 3 aromatic rings. The summed E-state index contributed by atoms with van der Waals surface area (Å²) in [5.41, 5.74) is 1.63. The van der Waals surface area contributed by atoms with E-state index in [4.69, 9.17) is 21.1 Å². The Bertz CT molecular complexity index is 1060. The molecule has 3 rings (SSSR count). The van der Waals surface area contributed by atoms with Crippen molar-refractivity contribution in [2.75, 3.05) is 24.9 Å². The number of anilines is 4. The number of aromatic nitrogens is 2. The second-order valence-electron chi connectivity index (χ2n) is 5.95. The standard InChI is InChI=1S/C19H18ClN5O4/c1-11-4-5-12(20)8-15(11)24-19-17(25(26)27)18(21-10-22-19)23-14-7-6-13(28-2)9-16(14)29-3/h4-10H,1-3H3,(H2,21,22,23,24). The van der Waals surface area contributed by atoms with Crippen molar-refractivity contribution in [3.63, 3.8) is 0 Å². The van der Waals surface area contributed by atoms with Gasteiger partial charge >= 0.3 is 5.69 Å². The number of rotatable bonds is 7. The molecule has 150 valence electrons. The van der Waals surface area contributed by atoms with Crippen LogP contribution in [-0.2, 0) is 0 Å². The topological polar surface area (TPSA) is 111 Å². The van der Waals surface area contributed by atoms with E-state index in [0.717, 1.165) is 5.56 Å². The molecule has 0 bridgehead atoms. The van der Waals surface area contributed by atoms with Gasteiger partial charge in [-0.25, -0.2) is 9.97 Å². The number of ether oxygens (including phenoxy) is 2. The van der Waals surface area contributed by atoms with Crippen LogP contribution in [0, 0.1) is 17.0 Å². The second kappa shape index (κ2) is 8.61. The van der Waals surface area contributed by atoms with Gasteiger partial charge in [-0.15, -0.1) is 0 Å². The van der Waals surface area contributed by atoms with Crippen LogP contribution in [0.15, 0.2) is 42.7 Å². The van der Waals surface area contributed by atoms with E-state index in [2.05, 4.69) is 20.6 Å². The van der Waals surface area contributed by atoms with Crippen molar-refractivity contribution < 1.29 is 14.4 Å². The molecule has 2 aromatic carbocycles. The third kappa shape index (κ3) is 4.46. The molecule has 29 heavy (non-hydrogen) atoms. The molecule has 0 aliphatic heterocycles. The van der Waals surface area contributed by atoms with Gasteiger partial charge < -0.3 is 20.1 Å². The molecule has 0 saturated carbocycles. The summed E-state index contributed by atoms with van der Waals surface area (Å²) in [6, 6.07) is 10.2. The van der Waals surface area contributed by atoms with Crippen molar-refractivity contribution in [2.24, 2.45) is 0 Å². The Kier molecular flexibility index (Phi) is 5.99. The zero-order valence-corrected chi connectivity index (χ0v) is 16.6. The summed E-state index contributed by atoms with van der Waals surface area (Å²) < 4.78 is 10.5. The van der Waals surface area contributed by atoms with Crippen LogP contribution in [0.3, 0.4) is 0 Å². The first-order valence-corrected chi connectivity index (χ1v) is 8.82. The van der Waals surface area contributed by atoms with Gasteiger partial charge in [0.25, 0.3) is 0 Å². The number of methoxy groups -OCH3 is 2. The molecule has 1 aromatic heterocycles. The van der Waals surface area contributed by atoms with Crippen molar-refractivity contribution in [1.82, 2.24) is 9.97 Å². The third-order valence-electron chi connectivity index (χ3n) is 4.12. The molecular weight excluding hydrogens is 398 g/mol. The summed E-state index contributed by atoms with van der Waals surface area (Å²) in [6.07, 6.45) is 1.23. The lowest BCUT2D eigenvalue weighted by Crippen LogP contribution is -2.06. The number of nitro groups is 1. The molecule has 0 aliphatic rings. The molecular formula is C19H18ClN5O4. The van der Waals surface area contributed by atoms with Gasteiger partial charge in [0, 0.05) is 16.8 Å². The Hall–Kier alpha value is -3.59. The first-order valence-electron chi connectivity index (χ1n) is 8.44. The maximum absolute atomic E-state index is 11.8. The lowest BCUT2D eigenvalue weighted by molar-refractivity contribution is -0.383. The predicted octanol–water partition coefficient (Wildman–Crippen LogP) is 4.85. The monoisotopic (exact) mass is 415 g/mol. The second-order valence-corrected chi connectivity index (χ2v) is 6.39. The summed E-state index contributed by atoms with van der Waals surface area (Å²) in [7, 11) is 3.02. The summed E-state index contributed by atoms with van der Waals surface area (Å²) in [5.74, 6) is 1.07. The maximum atomic E-state index is 11.8. The molecule has 0 amide bonds. The SMILES string of the molecule is COc1ccc(Nc2ncnc(Nc3cc(Cl)ccc3C)c2[N+](=O)[O-])c(OC)c1. The van der Waals surface area contributed by atoms with Gasteiger partial charge in [-0.05, 0) is 36.8 Å². The van der Waals surface area contributed by atoms with Crippen molar-refractivity contribution in [1.29, 1.82) is 0 Å². The Morgan fingerprint density at radius 3 is 2.31 bits per heavy atom. The minimum absolute atomic E-state index is 0.00986. The highest BCUT2D eigenvalue weighted by atomic mass is 35.5. The molecule has 1 heterocycles. The Labute approximate surface area is 171 Å². The predicted molar refractivity (Wildman–Crippen MR) is 111 cm³/mol. The first-order chi connectivity index (χ1) is 13.9. The van der Waals surface area contributed by atoms with E-state index >= 15 is 0 Å². The molecule has 9 nitrogen and oxygen atoms in total. The van der Waals surface area contributed by atoms with E-state index in [-0.39, 0.29) is 17.3 Å². The van der Waals surface area contributed by atoms with Crippen LogP contribution in [0.2, 0.25) is 5.02 Å². The summed E-state index contributed by atoms with van der Waals surface area (Å²) in [4.78, 5) is 19.3. The van der Waals surface area contributed by atoms with Gasteiger partial charge in [0.1, 0.15) is 17.8 Å². The number of aryl methyl sites for hydroxylation is 1. The first kappa shape index (κ1) is 20.2. The third-order valence-corrected chi connectivity index (χ3v) is 4.35. The van der Waals surface area contributed by atoms with Crippen LogP contribution in [0.25, 0.3) is 0 Å². The zero-order chi connectivity index (χ0) is 21.0. The van der Waals surface area contributed by atoms with Gasteiger partial charge in [-0.2, -0.15) is 0 Å². The molecule has 2 N–H and O–H groups in total. The van der Waals surface area contributed by atoms with Crippen molar-refractivity contribution >= 4 is 40.3 Å². The average molecular weight is 416 g/mol. The Morgan fingerprint density at radius 1 is 1.00 bits per heavy atom. The number of nitrogens with one attached hydrogen (secondary N) is 2. The maximum Gasteiger partial charge on any atom is 0.353 e. The van der Waals surface area contributed by atoms with Crippen LogP contribution >= 0.6 is 11.6 Å². The summed E-state index contributed by atoms with van der Waals surface area (Å²) >= 11 is 6.04. The zero-order valence-electron chi connectivity index (χ0n) is 15.9. The molecule has 0 radical (unpaired) electrons. The Balaban J connectivity index is 2.02. The number of halogens is 1. The number of hydrogen-bond acceptors (Lipinski definition) is 8. The molecule has 0 saturated heterocycles. The van der Waals surface area contributed by atoms with Crippen LogP contribution in [0.4, 0.5) is 28.7 Å². The highest BCUT2D eigenvalue weighted by Crippen LogP contribution is 2.37. The fourth-order valence-corrected chi connectivity index (χ4v) is 2.79. The largest absolute Gasteiger partial charge is 0.497 e. The molecule has 10 heteroatoms. The van der Waals surface area contributed by atoms with E-state index in [1.807, 2.05) is 6.92 Å². The van der Waals surface area contributed by atoms with Crippen molar-refractivity contribution in [3.8, 4) is 11.5 Å². The average Bonchev–Trinajstić information content (AvgIpc) is 2.71. The van der Waals surface area contributed by atoms with Crippen molar-refractivity contribution in [2.45, 2.75) is 6.92 Å². The highest BCUT2D eigenvalue weighted by molar-refractivity contribution is 6.30. The van der Waals surface area contributed by atoms with Gasteiger partial charge in [0.05, 0.1) is 24.8 Å². The molecule has 0 unspecified atom stereocenters. The van der Waals surface area contributed by atoms with E-state index < -0.39 is 4.92 Å². The minimum atomic E-state index is -0.555. The lowest BCUT2D eigenvalue weighted by atomic mass is 10.2. The van der Waals surface area contributed by atoms with E-state index in [9.17, 15) is 10.1 Å². The number of nitrogens with zero attached hydrogens (tertiary/aromatic N) is 3. The van der Waals surface area contributed by atoms with Crippen LogP contribution in [0.1, 0.15) is 5.56 Å². The van der Waals surface area contributed by atoms with Crippen LogP contribution in [0.5, 0.6) is 11.5 Å². The van der Waals surface area contributed by atoms with Gasteiger partial charge in [-0.1, -0.05) is 17.7 Å². The smallest absolute Gasteiger partial charge is 0.353 e. The fourth-order valence-electron chi connectivity index (χ4n) is 2.62. The number of benzene rings is 2. The van der Waals surface area contributed by atoms with E-state index in [1.165, 1.54) is 20.5 Å². The van der Waals surface area contributed by atoms with Crippen LogP contribution < -0.4 is 20.1 Å². The van der Waals surface area contributed by atoms with E-state index in [1.54, 1.807) is 36.4 Å². The highest BCUT2D eigenvalue weighted by Gasteiger charge is 2.24. The van der Waals surface area contributed by atoms with Gasteiger partial charge in [0.2, 0.25) is 11.6 Å². The number of hydrogen-bond donors (Lipinski definition) is 2. The van der Waals surface area contributed by atoms with Gasteiger partial charge in [-0.3, -0.25) is 10.1 Å². The van der Waals surface area contributed by atoms with Crippen molar-refractivity contribution in [3.05, 3.63) is 63.4 Å². The summed E-state index contributed by atoms with van der Waals surface area (Å²) in [5, 5.41) is 18.2. The molecule has 0 atom stereocenters. The fraction of sp³-hybridized carbons (Fsp3) is 0.158. The van der Waals surface area contributed by atoms with E-state index in [0.29, 0.717) is 27.9 Å². The molecule has 0 aliphatic carbocycles. The minimum Gasteiger partial charge on any atom is -0.497 e. The quantitative estimate of drug-likeness (QED) is 0.416. The summed E-state index contributed by atoms with van der Waals surface area (Å²) in [6.45, 7) is 1.85. The van der Waals surface area contributed by atoms with Gasteiger partial charge in [0.15, 0.2) is 0 Å². The normalized spacial score (nSPS) is 10.3. The molecule has 0 fully saturated rings. The lowest BCUT2D eigenvalue weighted by Gasteiger charge is -2.14. The molecule has 0 spiro atoms. The van der Waals surface area contributed by atoms with Crippen LogP contribution in [-0.4, -0.2) is 29.1 Å². The Morgan fingerprint density at radius 2 is 1.69 bits per heavy atom.